The van der Waals surface area contributed by atoms with Crippen LogP contribution < -0.4 is 24.8 Å². The van der Waals surface area contributed by atoms with E-state index in [-0.39, 0.29) is 61.8 Å². The van der Waals surface area contributed by atoms with E-state index in [0.717, 1.165) is 0 Å². The van der Waals surface area contributed by atoms with Crippen molar-refractivity contribution in [2.75, 3.05) is 0 Å². The van der Waals surface area contributed by atoms with Crippen LogP contribution >= 0.6 is 0 Å². The third kappa shape index (κ3) is 7.88. The molecule has 1 aliphatic carbocycles. The molecule has 0 N–H and O–H groups in total. The van der Waals surface area contributed by atoms with Crippen LogP contribution in [0.3, 0.4) is 0 Å². The number of hydrogen-bond donors (Lipinski definition) is 0. The molecule has 1 unspecified atom stereocenters. The molecule has 0 aliphatic heterocycles. The Morgan fingerprint density at radius 2 is 1.09 bits per heavy atom. The van der Waals surface area contributed by atoms with Crippen molar-refractivity contribution >= 4 is 21.5 Å². The minimum atomic E-state index is 0. The molecule has 1 aliphatic rings. The fourth-order valence-corrected chi connectivity index (χ4v) is 3.98. The average Bonchev–Trinajstić information content (AvgIpc) is 3.23. The summed E-state index contributed by atoms with van der Waals surface area (Å²) in [7, 11) is 0. The molecule has 0 amide bonds. The summed E-state index contributed by atoms with van der Waals surface area (Å²) < 4.78 is 0. The molecule has 0 spiro atoms. The largest absolute Gasteiger partial charge is 4.00 e. The number of rotatable bonds is 0. The second-order valence-corrected chi connectivity index (χ2v) is 12.2. The molecule has 0 saturated carbocycles. The van der Waals surface area contributed by atoms with E-state index in [1.165, 1.54) is 38.2 Å². The standard InChI is InChI=1S/C21H25.C10H15.2ClH.Zr/c1-20(2,3)16-9-7-14-11-15-8-10-17(21(4,5)6)13-19(15)18(14)12-16;1-8-5-6-9(7-8)10(2,3)4;;;/h7-13H,1-6H3;6-8H,1-4H3;2*1H;/q2*-1;;;+4/p-2. The molecule has 3 heteroatoms. The van der Waals surface area contributed by atoms with Crippen molar-refractivity contribution in [3.63, 3.8) is 0 Å². The molecule has 0 bridgehead atoms. The Kier molecular flexibility index (Phi) is 11.7. The summed E-state index contributed by atoms with van der Waals surface area (Å²) in [5.41, 5.74) is 4.92. The summed E-state index contributed by atoms with van der Waals surface area (Å²) in [6.45, 7) is 22.5. The molecule has 0 radical (unpaired) electrons. The Hall–Kier alpha value is -0.747. The van der Waals surface area contributed by atoms with E-state index in [2.05, 4.69) is 130 Å². The number of allylic oxidation sites excluding steroid dienone is 4. The van der Waals surface area contributed by atoms with Crippen molar-refractivity contribution in [3.05, 3.63) is 77.4 Å². The Bertz CT molecular complexity index is 1070. The first-order chi connectivity index (χ1) is 14.2. The van der Waals surface area contributed by atoms with Crippen molar-refractivity contribution in [3.8, 4) is 0 Å². The van der Waals surface area contributed by atoms with Gasteiger partial charge >= 0.3 is 26.2 Å². The van der Waals surface area contributed by atoms with Gasteiger partial charge in [-0.05, 0) is 10.8 Å². The van der Waals surface area contributed by atoms with Crippen LogP contribution in [0.25, 0.3) is 21.5 Å². The van der Waals surface area contributed by atoms with Crippen LogP contribution in [0.1, 0.15) is 80.4 Å². The Balaban J connectivity index is 0.000000721. The normalized spacial score (nSPS) is 15.6. The summed E-state index contributed by atoms with van der Waals surface area (Å²) in [6.07, 6.45) is 7.65. The molecule has 3 aromatic rings. The third-order valence-corrected chi connectivity index (χ3v) is 6.24. The molecule has 0 aromatic heterocycles. The monoisotopic (exact) mass is 572 g/mol. The SMILES string of the molecule is CC(C)(C)c1ccc2[cH-]c3ccc(C(C)(C)C)cc3c2c1.CC1[C-]=CC(C(C)(C)C)=C1.[Cl-].[Cl-].[Zr+4]. The smallest absolute Gasteiger partial charge is 1.00 e. The molecule has 4 rings (SSSR count). The number of halogens is 2. The van der Waals surface area contributed by atoms with Gasteiger partial charge in [-0.15, -0.1) is 39.7 Å². The summed E-state index contributed by atoms with van der Waals surface area (Å²) in [4.78, 5) is 0. The molecule has 3 aromatic carbocycles. The first kappa shape index (κ1) is 33.3. The van der Waals surface area contributed by atoms with Crippen LogP contribution in [0.4, 0.5) is 0 Å². The molecule has 0 fully saturated rings. The molecule has 1 atom stereocenters. The van der Waals surface area contributed by atoms with Gasteiger partial charge in [0, 0.05) is 0 Å². The average molecular weight is 575 g/mol. The minimum Gasteiger partial charge on any atom is -1.00 e. The number of fused-ring (bicyclic) bond motifs is 3. The van der Waals surface area contributed by atoms with Crippen LogP contribution in [0.5, 0.6) is 0 Å². The van der Waals surface area contributed by atoms with Gasteiger partial charge in [0.25, 0.3) is 0 Å². The predicted octanol–water partition coefficient (Wildman–Crippen LogP) is 3.28. The van der Waals surface area contributed by atoms with Gasteiger partial charge in [-0.25, -0.2) is 6.08 Å². The third-order valence-electron chi connectivity index (χ3n) is 6.24. The van der Waals surface area contributed by atoms with Gasteiger partial charge in [-0.3, -0.25) is 6.08 Å². The van der Waals surface area contributed by atoms with Gasteiger partial charge < -0.3 is 24.8 Å². The van der Waals surface area contributed by atoms with Gasteiger partial charge in [-0.2, -0.15) is 11.6 Å². The zero-order chi connectivity index (χ0) is 23.2. The fourth-order valence-electron chi connectivity index (χ4n) is 3.98. The van der Waals surface area contributed by atoms with Crippen molar-refractivity contribution in [2.45, 2.75) is 80.1 Å². The molecule has 0 saturated heterocycles. The molecule has 0 heterocycles. The molecule has 182 valence electrons. The van der Waals surface area contributed by atoms with Crippen LogP contribution in [0.2, 0.25) is 0 Å². The molecular formula is C31H40Cl2Zr. The Morgan fingerprint density at radius 3 is 1.35 bits per heavy atom. The topological polar surface area (TPSA) is 0 Å². The van der Waals surface area contributed by atoms with Gasteiger partial charge in [0.2, 0.25) is 0 Å². The molecule has 34 heavy (non-hydrogen) atoms. The number of hydrogen-bond acceptors (Lipinski definition) is 0. The zero-order valence-corrected chi connectivity index (χ0v) is 26.5. The maximum absolute atomic E-state index is 3.26. The summed E-state index contributed by atoms with van der Waals surface area (Å²) in [5, 5.41) is 5.49. The zero-order valence-electron chi connectivity index (χ0n) is 22.5. The van der Waals surface area contributed by atoms with Crippen LogP contribution in [-0.4, -0.2) is 0 Å². The van der Waals surface area contributed by atoms with E-state index < -0.39 is 0 Å². The maximum Gasteiger partial charge on any atom is 4.00 e. The van der Waals surface area contributed by atoms with E-state index >= 15 is 0 Å². The summed E-state index contributed by atoms with van der Waals surface area (Å²) in [6, 6.07) is 16.1. The molecule has 0 nitrogen and oxygen atoms in total. The van der Waals surface area contributed by atoms with E-state index in [1.54, 1.807) is 0 Å². The maximum atomic E-state index is 3.26. The van der Waals surface area contributed by atoms with Gasteiger partial charge in [0.1, 0.15) is 0 Å². The van der Waals surface area contributed by atoms with E-state index in [0.29, 0.717) is 11.3 Å². The van der Waals surface area contributed by atoms with E-state index in [9.17, 15) is 0 Å². The number of benzene rings is 2. The van der Waals surface area contributed by atoms with Gasteiger partial charge in [0.05, 0.1) is 0 Å². The minimum absolute atomic E-state index is 0. The summed E-state index contributed by atoms with van der Waals surface area (Å²) in [5.74, 6) is 0.522. The second-order valence-electron chi connectivity index (χ2n) is 12.2. The Morgan fingerprint density at radius 1 is 0.676 bits per heavy atom. The first-order valence-electron chi connectivity index (χ1n) is 11.6. The van der Waals surface area contributed by atoms with Crippen molar-refractivity contribution in [1.29, 1.82) is 0 Å². The van der Waals surface area contributed by atoms with E-state index in [4.69, 9.17) is 0 Å². The van der Waals surface area contributed by atoms with Crippen molar-refractivity contribution in [1.82, 2.24) is 0 Å². The van der Waals surface area contributed by atoms with Gasteiger partial charge in [-0.1, -0.05) is 116 Å². The van der Waals surface area contributed by atoms with E-state index in [1.807, 2.05) is 0 Å². The summed E-state index contributed by atoms with van der Waals surface area (Å²) >= 11 is 0. The van der Waals surface area contributed by atoms with Crippen LogP contribution in [-0.2, 0) is 37.0 Å². The quantitative estimate of drug-likeness (QED) is 0.362. The van der Waals surface area contributed by atoms with Crippen LogP contribution in [0, 0.1) is 17.4 Å². The predicted molar refractivity (Wildman–Crippen MR) is 139 cm³/mol. The Labute approximate surface area is 240 Å². The van der Waals surface area contributed by atoms with Crippen molar-refractivity contribution < 1.29 is 51.0 Å². The second kappa shape index (κ2) is 12.0. The fraction of sp³-hybridized carbons (Fsp3) is 0.452. The van der Waals surface area contributed by atoms with Crippen molar-refractivity contribution in [2.24, 2.45) is 11.3 Å². The van der Waals surface area contributed by atoms with Gasteiger partial charge in [0.15, 0.2) is 0 Å². The van der Waals surface area contributed by atoms with Crippen LogP contribution in [0.15, 0.2) is 60.2 Å². The first-order valence-corrected chi connectivity index (χ1v) is 11.6. The molecular weight excluding hydrogens is 534 g/mol.